The topological polar surface area (TPSA) is 108 Å². The average Bonchev–Trinajstić information content (AvgIpc) is 3.36. The van der Waals surface area contributed by atoms with E-state index in [9.17, 15) is 9.59 Å². The summed E-state index contributed by atoms with van der Waals surface area (Å²) < 4.78 is 18.5. The number of furan rings is 1. The van der Waals surface area contributed by atoms with E-state index < -0.39 is 6.10 Å². The van der Waals surface area contributed by atoms with Gasteiger partial charge in [0.25, 0.3) is 5.91 Å². The van der Waals surface area contributed by atoms with E-state index in [0.717, 1.165) is 0 Å². The summed E-state index contributed by atoms with van der Waals surface area (Å²) in [5.74, 6) is 1.78. The van der Waals surface area contributed by atoms with E-state index in [0.29, 0.717) is 34.5 Å². The third-order valence-corrected chi connectivity index (χ3v) is 5.01. The minimum Gasteiger partial charge on any atom is -0.485 e. The minimum atomic E-state index is -0.817. The molecule has 2 aromatic heterocycles. The lowest BCUT2D eigenvalue weighted by Crippen LogP contribution is -2.40. The van der Waals surface area contributed by atoms with Crippen LogP contribution in [0.2, 0.25) is 0 Å². The van der Waals surface area contributed by atoms with Crippen molar-refractivity contribution >= 4 is 23.5 Å². The molecule has 0 aliphatic carbocycles. The first-order chi connectivity index (χ1) is 14.1. The number of carbonyl (C=O) groups is 2. The molecule has 29 heavy (non-hydrogen) atoms. The zero-order valence-electron chi connectivity index (χ0n) is 15.5. The van der Waals surface area contributed by atoms with Crippen LogP contribution >= 0.6 is 0 Å². The summed E-state index contributed by atoms with van der Waals surface area (Å²) in [4.78, 5) is 25.0. The Bertz CT molecular complexity index is 1090. The fraction of sp³-hybridized carbons (Fsp3) is 0.250. The van der Waals surface area contributed by atoms with Crippen LogP contribution in [0.1, 0.15) is 23.7 Å². The van der Waals surface area contributed by atoms with Crippen LogP contribution in [-0.4, -0.2) is 34.3 Å². The normalized spacial score (nSPS) is 20.0. The standard InChI is InChI=1S/C20H18N4O5/c1-24-19-17(11(9-16(25)21-19)12-7-4-8-27-12)18(23-24)22-20(26)15-10-28-13-5-2-3-6-14(13)29-15/h2-8,11,15H,9-10H2,1H3,(H,21,25)(H,22,23,26)/t11-,15+/m0/s1. The average molecular weight is 394 g/mol. The number of ether oxygens (including phenoxy) is 2. The maximum atomic E-state index is 12.9. The molecule has 0 radical (unpaired) electrons. The predicted molar refractivity (Wildman–Crippen MR) is 102 cm³/mol. The lowest BCUT2D eigenvalue weighted by Gasteiger charge is -2.26. The maximum absolute atomic E-state index is 12.9. The van der Waals surface area contributed by atoms with Crippen LogP contribution in [0.3, 0.4) is 0 Å². The molecule has 0 spiro atoms. The zero-order valence-corrected chi connectivity index (χ0v) is 15.5. The highest BCUT2D eigenvalue weighted by Gasteiger charge is 2.36. The molecule has 148 valence electrons. The number of hydrogen-bond acceptors (Lipinski definition) is 6. The second-order valence-corrected chi connectivity index (χ2v) is 6.91. The summed E-state index contributed by atoms with van der Waals surface area (Å²) in [6.07, 6.45) is 0.939. The van der Waals surface area contributed by atoms with Crippen molar-refractivity contribution in [3.05, 3.63) is 54.0 Å². The smallest absolute Gasteiger partial charge is 0.270 e. The van der Waals surface area contributed by atoms with Gasteiger partial charge < -0.3 is 24.5 Å². The van der Waals surface area contributed by atoms with Crippen molar-refractivity contribution < 1.29 is 23.5 Å². The Morgan fingerprint density at radius 3 is 2.86 bits per heavy atom. The molecule has 0 saturated heterocycles. The van der Waals surface area contributed by atoms with E-state index in [2.05, 4.69) is 15.7 Å². The Labute approximate surface area is 165 Å². The number of rotatable bonds is 3. The first-order valence-electron chi connectivity index (χ1n) is 9.19. The Hall–Kier alpha value is -3.75. The molecule has 3 aromatic rings. The number of aryl methyl sites for hydroxylation is 1. The summed E-state index contributed by atoms with van der Waals surface area (Å²) in [7, 11) is 1.70. The molecule has 0 bridgehead atoms. The van der Waals surface area contributed by atoms with Crippen molar-refractivity contribution in [3.8, 4) is 11.5 Å². The summed E-state index contributed by atoms with van der Waals surface area (Å²) in [5, 5.41) is 10.0. The first kappa shape index (κ1) is 17.4. The molecule has 1 aromatic carbocycles. The Morgan fingerprint density at radius 1 is 1.24 bits per heavy atom. The van der Waals surface area contributed by atoms with E-state index in [1.165, 1.54) is 4.68 Å². The van der Waals surface area contributed by atoms with E-state index >= 15 is 0 Å². The van der Waals surface area contributed by atoms with Gasteiger partial charge in [0.1, 0.15) is 18.2 Å². The molecule has 9 heteroatoms. The van der Waals surface area contributed by atoms with Crippen molar-refractivity contribution in [2.24, 2.45) is 7.05 Å². The quantitative estimate of drug-likeness (QED) is 0.706. The summed E-state index contributed by atoms with van der Waals surface area (Å²) in [6, 6.07) is 10.8. The van der Waals surface area contributed by atoms with E-state index in [1.54, 1.807) is 37.6 Å². The van der Waals surface area contributed by atoms with Crippen LogP contribution in [0, 0.1) is 0 Å². The van der Waals surface area contributed by atoms with Gasteiger partial charge in [0, 0.05) is 13.5 Å². The number of anilines is 2. The van der Waals surface area contributed by atoms with Gasteiger partial charge in [-0.3, -0.25) is 14.3 Å². The Balaban J connectivity index is 1.43. The van der Waals surface area contributed by atoms with Crippen molar-refractivity contribution in [2.45, 2.75) is 18.4 Å². The Kier molecular flexibility index (Phi) is 4.01. The van der Waals surface area contributed by atoms with Gasteiger partial charge in [-0.2, -0.15) is 5.10 Å². The highest BCUT2D eigenvalue weighted by Crippen LogP contribution is 2.41. The number of para-hydroxylation sites is 2. The minimum absolute atomic E-state index is 0.0935. The third kappa shape index (κ3) is 3.00. The second kappa shape index (κ2) is 6.69. The van der Waals surface area contributed by atoms with Crippen LogP contribution < -0.4 is 20.1 Å². The fourth-order valence-corrected chi connectivity index (χ4v) is 3.66. The number of aromatic nitrogens is 2. The van der Waals surface area contributed by atoms with Gasteiger partial charge in [-0.05, 0) is 24.3 Å². The predicted octanol–water partition coefficient (Wildman–Crippen LogP) is 2.27. The van der Waals surface area contributed by atoms with Gasteiger partial charge in [0.2, 0.25) is 12.0 Å². The van der Waals surface area contributed by atoms with E-state index in [-0.39, 0.29) is 30.8 Å². The Morgan fingerprint density at radius 2 is 2.07 bits per heavy atom. The monoisotopic (exact) mass is 394 g/mol. The van der Waals surface area contributed by atoms with Crippen LogP contribution in [-0.2, 0) is 16.6 Å². The number of nitrogens with one attached hydrogen (secondary N) is 2. The molecule has 2 atom stereocenters. The van der Waals surface area contributed by atoms with Gasteiger partial charge in [-0.1, -0.05) is 12.1 Å². The number of benzene rings is 1. The van der Waals surface area contributed by atoms with Gasteiger partial charge in [-0.25, -0.2) is 0 Å². The number of fused-ring (bicyclic) bond motifs is 2. The molecule has 0 unspecified atom stereocenters. The maximum Gasteiger partial charge on any atom is 0.270 e. The summed E-state index contributed by atoms with van der Waals surface area (Å²) in [6.45, 7) is 0.0935. The number of amides is 2. The lowest BCUT2D eigenvalue weighted by atomic mass is 9.91. The van der Waals surface area contributed by atoms with Crippen LogP contribution in [0.25, 0.3) is 0 Å². The molecule has 0 fully saturated rings. The van der Waals surface area contributed by atoms with Crippen LogP contribution in [0.15, 0.2) is 47.1 Å². The molecule has 0 saturated carbocycles. The van der Waals surface area contributed by atoms with Crippen molar-refractivity contribution in [1.82, 2.24) is 9.78 Å². The van der Waals surface area contributed by atoms with Gasteiger partial charge in [-0.15, -0.1) is 0 Å². The largest absolute Gasteiger partial charge is 0.485 e. The van der Waals surface area contributed by atoms with Crippen molar-refractivity contribution in [1.29, 1.82) is 0 Å². The lowest BCUT2D eigenvalue weighted by molar-refractivity contribution is -0.125. The molecule has 4 heterocycles. The van der Waals surface area contributed by atoms with Gasteiger partial charge in [0.05, 0.1) is 17.7 Å². The van der Waals surface area contributed by atoms with Gasteiger partial charge in [0.15, 0.2) is 17.3 Å². The van der Waals surface area contributed by atoms with Crippen LogP contribution in [0.5, 0.6) is 11.5 Å². The second-order valence-electron chi connectivity index (χ2n) is 6.91. The van der Waals surface area contributed by atoms with Crippen molar-refractivity contribution in [2.75, 3.05) is 17.2 Å². The molecule has 9 nitrogen and oxygen atoms in total. The number of carbonyl (C=O) groups excluding carboxylic acids is 2. The number of nitrogens with zero attached hydrogens (tertiary/aromatic N) is 2. The van der Waals surface area contributed by atoms with Crippen molar-refractivity contribution in [3.63, 3.8) is 0 Å². The van der Waals surface area contributed by atoms with E-state index in [4.69, 9.17) is 13.9 Å². The summed E-state index contributed by atoms with van der Waals surface area (Å²) >= 11 is 0. The highest BCUT2D eigenvalue weighted by atomic mass is 16.6. The highest BCUT2D eigenvalue weighted by molar-refractivity contribution is 5.99. The molecular weight excluding hydrogens is 376 g/mol. The summed E-state index contributed by atoms with van der Waals surface area (Å²) in [5.41, 5.74) is 0.701. The number of hydrogen-bond donors (Lipinski definition) is 2. The first-order valence-corrected chi connectivity index (χ1v) is 9.19. The molecule has 2 amide bonds. The van der Waals surface area contributed by atoms with Crippen LogP contribution in [0.4, 0.5) is 11.6 Å². The van der Waals surface area contributed by atoms with Gasteiger partial charge >= 0.3 is 0 Å². The fourth-order valence-electron chi connectivity index (χ4n) is 3.66. The SMILES string of the molecule is Cn1nc(NC(=O)[C@H]2COc3ccccc3O2)c2c1NC(=O)C[C@H]2c1ccco1. The third-order valence-electron chi connectivity index (χ3n) is 5.01. The molecule has 2 aliphatic rings. The van der Waals surface area contributed by atoms with E-state index in [1.807, 2.05) is 12.1 Å². The molecular formula is C20H18N4O5. The molecule has 2 aliphatic heterocycles. The molecule has 5 rings (SSSR count). The molecule has 2 N–H and O–H groups in total. The zero-order chi connectivity index (χ0) is 20.0.